The molecule has 1 heterocycles. The molecule has 0 spiro atoms. The van der Waals surface area contributed by atoms with E-state index in [0.29, 0.717) is 48.3 Å². The minimum Gasteiger partial charge on any atom is -0.508 e. The molecule has 1 saturated heterocycles. The number of Topliss-reactive ketones (excluding diaryl/α,β-unsaturated/α-hetero) is 1. The van der Waals surface area contributed by atoms with E-state index in [9.17, 15) is 32.7 Å². The highest BCUT2D eigenvalue weighted by Crippen LogP contribution is 2.23. The van der Waals surface area contributed by atoms with Crippen molar-refractivity contribution in [2.45, 2.75) is 23.8 Å². The molecule has 2 amide bonds. The summed E-state index contributed by atoms with van der Waals surface area (Å²) in [4.78, 5) is 52.0. The van der Waals surface area contributed by atoms with E-state index in [0.717, 1.165) is 12.1 Å². The fourth-order valence-electron chi connectivity index (χ4n) is 4.76. The van der Waals surface area contributed by atoms with Crippen molar-refractivity contribution in [3.8, 4) is 5.75 Å². The van der Waals surface area contributed by atoms with Gasteiger partial charge in [-0.15, -0.1) is 0 Å². The number of amides is 2. The molecule has 0 saturated carbocycles. The number of hydrogen-bond acceptors (Lipinski definition) is 9. The Balaban J connectivity index is 1.10. The van der Waals surface area contributed by atoms with E-state index in [2.05, 4.69) is 10.6 Å². The predicted octanol–water partition coefficient (Wildman–Crippen LogP) is 2.89. The Morgan fingerprint density at radius 1 is 0.905 bits per heavy atom. The van der Waals surface area contributed by atoms with Crippen molar-refractivity contribution in [3.63, 3.8) is 0 Å². The first-order valence-corrected chi connectivity index (χ1v) is 14.6. The van der Waals surface area contributed by atoms with Gasteiger partial charge in [-0.05, 0) is 61.4 Å². The van der Waals surface area contributed by atoms with Crippen molar-refractivity contribution in [1.29, 1.82) is 0 Å². The SMILES string of the molecule is O=C(COS(=O)(=O)c1ccc(O)cc1)Nc1ccc(C(=O)N2CCC(NC3=CC(=O)c4ccccc4C3=O)CC2)cc1. The van der Waals surface area contributed by atoms with Gasteiger partial charge in [-0.3, -0.25) is 23.4 Å². The average Bonchev–Trinajstić information content (AvgIpc) is 2.99. The summed E-state index contributed by atoms with van der Waals surface area (Å²) in [5.41, 5.74) is 1.81. The molecule has 0 aromatic heterocycles. The number of phenolic OH excluding ortho intramolecular Hbond substituents is 1. The summed E-state index contributed by atoms with van der Waals surface area (Å²) in [6, 6.07) is 17.5. The number of aromatic hydroxyl groups is 1. The molecule has 3 aromatic rings. The second-order valence-electron chi connectivity index (χ2n) is 9.84. The Bertz CT molecular complexity index is 1670. The van der Waals surface area contributed by atoms with Gasteiger partial charge in [-0.25, -0.2) is 0 Å². The second-order valence-corrected chi connectivity index (χ2v) is 11.5. The number of anilines is 1. The molecule has 2 aliphatic rings. The van der Waals surface area contributed by atoms with Crippen LogP contribution in [0.5, 0.6) is 5.75 Å². The normalized spacial score (nSPS) is 15.5. The number of likely N-dealkylation sites (tertiary alicyclic amines) is 1. The van der Waals surface area contributed by atoms with Crippen LogP contribution in [0.25, 0.3) is 0 Å². The summed E-state index contributed by atoms with van der Waals surface area (Å²) >= 11 is 0. The first-order chi connectivity index (χ1) is 20.1. The number of carbonyl (C=O) groups excluding carboxylic acids is 4. The molecular weight excluding hydrogens is 562 g/mol. The first-order valence-electron chi connectivity index (χ1n) is 13.1. The molecule has 0 radical (unpaired) electrons. The van der Waals surface area contributed by atoms with Crippen molar-refractivity contribution in [2.24, 2.45) is 0 Å². The Kier molecular flexibility index (Phi) is 8.18. The van der Waals surface area contributed by atoms with E-state index >= 15 is 0 Å². The molecule has 0 unspecified atom stereocenters. The van der Waals surface area contributed by atoms with Gasteiger partial charge in [0.25, 0.3) is 21.9 Å². The maximum absolute atomic E-state index is 13.0. The van der Waals surface area contributed by atoms with Gasteiger partial charge in [0, 0.05) is 47.6 Å². The van der Waals surface area contributed by atoms with Gasteiger partial charge in [0.1, 0.15) is 12.4 Å². The lowest BCUT2D eigenvalue weighted by Gasteiger charge is -2.33. The molecule has 0 atom stereocenters. The topological polar surface area (TPSA) is 159 Å². The summed E-state index contributed by atoms with van der Waals surface area (Å²) in [5, 5.41) is 15.0. The minimum atomic E-state index is -4.19. The molecule has 12 heteroatoms. The van der Waals surface area contributed by atoms with Crippen molar-refractivity contribution in [2.75, 3.05) is 25.0 Å². The number of allylic oxidation sites excluding steroid dienone is 2. The minimum absolute atomic E-state index is 0.0695. The highest BCUT2D eigenvalue weighted by molar-refractivity contribution is 7.86. The molecule has 216 valence electrons. The predicted molar refractivity (Wildman–Crippen MR) is 152 cm³/mol. The van der Waals surface area contributed by atoms with Crippen LogP contribution < -0.4 is 10.6 Å². The fraction of sp³-hybridized carbons (Fsp3) is 0.200. The van der Waals surface area contributed by atoms with Crippen LogP contribution >= 0.6 is 0 Å². The molecule has 3 aromatic carbocycles. The van der Waals surface area contributed by atoms with E-state index in [4.69, 9.17) is 4.18 Å². The standard InChI is InChI=1S/C30H27N3O8S/c34-22-9-11-23(12-10-22)42(39,40)41-18-28(36)32-20-7-5-19(6-8-20)30(38)33-15-13-21(14-16-33)31-26-17-27(35)24-3-1-2-4-25(24)29(26)37/h1-12,17,21,31,34H,13-16,18H2,(H,32,36). The number of hydrogen-bond donors (Lipinski definition) is 3. The van der Waals surface area contributed by atoms with Gasteiger partial charge in [0.05, 0.1) is 10.6 Å². The highest BCUT2D eigenvalue weighted by atomic mass is 32.2. The van der Waals surface area contributed by atoms with Gasteiger partial charge in [-0.2, -0.15) is 8.42 Å². The van der Waals surface area contributed by atoms with Gasteiger partial charge < -0.3 is 20.6 Å². The van der Waals surface area contributed by atoms with E-state index in [1.165, 1.54) is 30.3 Å². The van der Waals surface area contributed by atoms with Crippen molar-refractivity contribution in [1.82, 2.24) is 10.2 Å². The quantitative estimate of drug-likeness (QED) is 0.336. The number of nitrogens with zero attached hydrogens (tertiary/aromatic N) is 1. The monoisotopic (exact) mass is 589 g/mol. The number of carbonyl (C=O) groups is 4. The summed E-state index contributed by atoms with van der Waals surface area (Å²) in [7, 11) is -4.19. The zero-order valence-electron chi connectivity index (χ0n) is 22.3. The largest absolute Gasteiger partial charge is 0.508 e. The molecule has 42 heavy (non-hydrogen) atoms. The number of ketones is 2. The fourth-order valence-corrected chi connectivity index (χ4v) is 5.62. The molecule has 1 aliphatic carbocycles. The molecule has 5 rings (SSSR count). The number of benzene rings is 3. The van der Waals surface area contributed by atoms with Crippen molar-refractivity contribution in [3.05, 3.63) is 101 Å². The number of nitrogens with one attached hydrogen (secondary N) is 2. The summed E-state index contributed by atoms with van der Waals surface area (Å²) in [6.45, 7) is 0.151. The zero-order chi connectivity index (χ0) is 29.9. The number of fused-ring (bicyclic) bond motifs is 1. The number of rotatable bonds is 8. The van der Waals surface area contributed by atoms with E-state index < -0.39 is 22.6 Å². The van der Waals surface area contributed by atoms with Crippen LogP contribution in [0.4, 0.5) is 5.69 Å². The summed E-state index contributed by atoms with van der Waals surface area (Å²) in [5.74, 6) is -1.44. The van der Waals surface area contributed by atoms with Crippen LogP contribution in [0, 0.1) is 0 Å². The Morgan fingerprint density at radius 2 is 1.55 bits per heavy atom. The van der Waals surface area contributed by atoms with Crippen LogP contribution in [-0.4, -0.2) is 67.5 Å². The number of phenols is 1. The van der Waals surface area contributed by atoms with Gasteiger partial charge in [0.2, 0.25) is 5.78 Å². The van der Waals surface area contributed by atoms with Crippen molar-refractivity contribution >= 4 is 39.2 Å². The van der Waals surface area contributed by atoms with E-state index in [1.54, 1.807) is 41.3 Å². The number of piperidine rings is 1. The van der Waals surface area contributed by atoms with Gasteiger partial charge in [-0.1, -0.05) is 24.3 Å². The highest BCUT2D eigenvalue weighted by Gasteiger charge is 2.29. The third-order valence-corrected chi connectivity index (χ3v) is 8.26. The summed E-state index contributed by atoms with van der Waals surface area (Å²) < 4.78 is 29.2. The maximum Gasteiger partial charge on any atom is 0.297 e. The smallest absolute Gasteiger partial charge is 0.297 e. The first kappa shape index (κ1) is 28.7. The third-order valence-electron chi connectivity index (χ3n) is 6.99. The summed E-state index contributed by atoms with van der Waals surface area (Å²) in [6.07, 6.45) is 2.52. The van der Waals surface area contributed by atoms with E-state index in [-0.39, 0.29) is 39.9 Å². The van der Waals surface area contributed by atoms with Crippen LogP contribution in [0.2, 0.25) is 0 Å². The lowest BCUT2D eigenvalue weighted by molar-refractivity contribution is -0.118. The van der Waals surface area contributed by atoms with Crippen LogP contribution in [0.15, 0.2) is 89.5 Å². The Morgan fingerprint density at radius 3 is 2.21 bits per heavy atom. The molecule has 1 aliphatic heterocycles. The van der Waals surface area contributed by atoms with Crippen LogP contribution in [0.1, 0.15) is 43.9 Å². The molecular formula is C30H27N3O8S. The maximum atomic E-state index is 13.0. The molecule has 0 bridgehead atoms. The van der Waals surface area contributed by atoms with Crippen LogP contribution in [-0.2, 0) is 19.1 Å². The Hall–Kier alpha value is -4.81. The van der Waals surface area contributed by atoms with Crippen LogP contribution in [0.3, 0.4) is 0 Å². The molecule has 11 nitrogen and oxygen atoms in total. The lowest BCUT2D eigenvalue weighted by atomic mass is 9.92. The van der Waals surface area contributed by atoms with E-state index in [1.807, 2.05) is 0 Å². The zero-order valence-corrected chi connectivity index (χ0v) is 23.1. The van der Waals surface area contributed by atoms with Gasteiger partial charge >= 0.3 is 0 Å². The molecule has 1 fully saturated rings. The second kappa shape index (κ2) is 12.0. The third kappa shape index (κ3) is 6.40. The molecule has 3 N–H and O–H groups in total. The lowest BCUT2D eigenvalue weighted by Crippen LogP contribution is -2.45. The van der Waals surface area contributed by atoms with Gasteiger partial charge in [0.15, 0.2) is 5.78 Å². The average molecular weight is 590 g/mol. The Labute approximate surface area is 241 Å². The van der Waals surface area contributed by atoms with Crippen molar-refractivity contribution < 1.29 is 36.9 Å².